The highest BCUT2D eigenvalue weighted by Gasteiger charge is 2.19. The number of nitrogens with one attached hydrogen (secondary N) is 1. The molecule has 0 atom stereocenters. The van der Waals surface area contributed by atoms with Crippen molar-refractivity contribution in [3.63, 3.8) is 0 Å². The average Bonchev–Trinajstić information content (AvgIpc) is 2.40. The van der Waals surface area contributed by atoms with Crippen molar-refractivity contribution < 1.29 is 0 Å². The van der Waals surface area contributed by atoms with E-state index in [0.717, 1.165) is 38.0 Å². The van der Waals surface area contributed by atoms with Gasteiger partial charge in [0.25, 0.3) is 5.56 Å². The zero-order chi connectivity index (χ0) is 14.7. The molecule has 0 bridgehead atoms. The molecule has 0 amide bonds. The van der Waals surface area contributed by atoms with Crippen LogP contribution in [0, 0.1) is 0 Å². The fourth-order valence-electron chi connectivity index (χ4n) is 2.82. The van der Waals surface area contributed by atoms with E-state index in [1.165, 1.54) is 11.3 Å². The highest BCUT2D eigenvalue weighted by Crippen LogP contribution is 2.18. The van der Waals surface area contributed by atoms with Crippen LogP contribution in [-0.2, 0) is 26.1 Å². The second kappa shape index (κ2) is 6.55. The van der Waals surface area contributed by atoms with Crippen LogP contribution in [0.5, 0.6) is 0 Å². The Hall–Kier alpha value is -1.13. The third-order valence-electron chi connectivity index (χ3n) is 3.88. The van der Waals surface area contributed by atoms with Crippen LogP contribution in [0.4, 0.5) is 0 Å². The summed E-state index contributed by atoms with van der Waals surface area (Å²) < 4.78 is 2.01. The lowest BCUT2D eigenvalue weighted by molar-refractivity contribution is 0.303. The predicted molar refractivity (Wildman–Crippen MR) is 83.0 cm³/mol. The van der Waals surface area contributed by atoms with Gasteiger partial charge < -0.3 is 14.8 Å². The van der Waals surface area contributed by atoms with Crippen LogP contribution in [0.25, 0.3) is 0 Å². The Labute approximate surface area is 121 Å². The van der Waals surface area contributed by atoms with E-state index in [9.17, 15) is 4.79 Å². The van der Waals surface area contributed by atoms with Gasteiger partial charge in [0, 0.05) is 49.9 Å². The molecular formula is C16H27N3O. The van der Waals surface area contributed by atoms with Crippen LogP contribution >= 0.6 is 0 Å². The van der Waals surface area contributed by atoms with Crippen LogP contribution in [0.2, 0.25) is 0 Å². The molecule has 0 fully saturated rings. The third-order valence-corrected chi connectivity index (χ3v) is 3.88. The van der Waals surface area contributed by atoms with Crippen molar-refractivity contribution in [1.82, 2.24) is 14.8 Å². The highest BCUT2D eigenvalue weighted by atomic mass is 16.1. The summed E-state index contributed by atoms with van der Waals surface area (Å²) in [4.78, 5) is 15.0. The van der Waals surface area contributed by atoms with Gasteiger partial charge in [0.15, 0.2) is 0 Å². The molecule has 1 aliphatic heterocycles. The molecule has 20 heavy (non-hydrogen) atoms. The molecule has 0 saturated carbocycles. The van der Waals surface area contributed by atoms with Crippen molar-refractivity contribution in [1.29, 1.82) is 0 Å². The summed E-state index contributed by atoms with van der Waals surface area (Å²) in [7, 11) is 2.14. The number of nitrogens with zero attached hydrogens (tertiary/aromatic N) is 2. The molecule has 112 valence electrons. The first-order valence-electron chi connectivity index (χ1n) is 7.69. The molecule has 1 aromatic rings. The second-order valence-corrected chi connectivity index (χ2v) is 6.12. The molecule has 0 spiro atoms. The van der Waals surface area contributed by atoms with E-state index in [1.807, 2.05) is 4.57 Å². The van der Waals surface area contributed by atoms with Crippen molar-refractivity contribution in [2.75, 3.05) is 13.6 Å². The van der Waals surface area contributed by atoms with Gasteiger partial charge in [-0.3, -0.25) is 4.79 Å². The average molecular weight is 277 g/mol. The predicted octanol–water partition coefficient (Wildman–Crippen LogP) is 1.74. The molecule has 1 N–H and O–H groups in total. The van der Waals surface area contributed by atoms with Crippen molar-refractivity contribution in [3.8, 4) is 0 Å². The van der Waals surface area contributed by atoms with Crippen LogP contribution in [0.1, 0.15) is 44.0 Å². The van der Waals surface area contributed by atoms with Crippen LogP contribution in [0.15, 0.2) is 10.9 Å². The van der Waals surface area contributed by atoms with E-state index in [2.05, 4.69) is 44.1 Å². The Kier molecular flexibility index (Phi) is 5.00. The maximum Gasteiger partial charge on any atom is 0.255 e. The maximum absolute atomic E-state index is 12.6. The summed E-state index contributed by atoms with van der Waals surface area (Å²) >= 11 is 0. The van der Waals surface area contributed by atoms with E-state index in [0.29, 0.717) is 12.6 Å². The van der Waals surface area contributed by atoms with Crippen LogP contribution in [0.3, 0.4) is 0 Å². The summed E-state index contributed by atoms with van der Waals surface area (Å²) in [5.74, 6) is 0. The van der Waals surface area contributed by atoms with Gasteiger partial charge in [-0.2, -0.15) is 0 Å². The Morgan fingerprint density at radius 3 is 2.80 bits per heavy atom. The van der Waals surface area contributed by atoms with Crippen molar-refractivity contribution >= 4 is 0 Å². The van der Waals surface area contributed by atoms with Gasteiger partial charge in [-0.1, -0.05) is 20.8 Å². The number of likely N-dealkylation sites (N-methyl/N-ethyl adjacent to an activating group) is 1. The second-order valence-electron chi connectivity index (χ2n) is 6.12. The molecule has 0 saturated heterocycles. The Morgan fingerprint density at radius 1 is 1.40 bits per heavy atom. The molecule has 2 rings (SSSR count). The first-order valence-corrected chi connectivity index (χ1v) is 7.69. The standard InChI is InChI=1S/C16H27N3O/c1-5-7-19-15-6-8-18(4)11-14(15)9-13(16(19)20)10-17-12(2)3/h9,12,17H,5-8,10-11H2,1-4H3. The number of fused-ring (bicyclic) bond motifs is 1. The molecule has 1 aromatic heterocycles. The van der Waals surface area contributed by atoms with E-state index < -0.39 is 0 Å². The van der Waals surface area contributed by atoms with E-state index in [-0.39, 0.29) is 5.56 Å². The number of rotatable bonds is 5. The fraction of sp³-hybridized carbons (Fsp3) is 0.688. The van der Waals surface area contributed by atoms with Crippen molar-refractivity contribution in [2.24, 2.45) is 0 Å². The number of hydrogen-bond donors (Lipinski definition) is 1. The van der Waals surface area contributed by atoms with Gasteiger partial charge in [-0.15, -0.1) is 0 Å². The molecule has 4 heteroatoms. The summed E-state index contributed by atoms with van der Waals surface area (Å²) in [6.07, 6.45) is 1.99. The lowest BCUT2D eigenvalue weighted by atomic mass is 10.0. The highest BCUT2D eigenvalue weighted by molar-refractivity contribution is 5.29. The van der Waals surface area contributed by atoms with Crippen molar-refractivity contribution in [3.05, 3.63) is 33.2 Å². The van der Waals surface area contributed by atoms with Gasteiger partial charge in [0.2, 0.25) is 0 Å². The lowest BCUT2D eigenvalue weighted by Gasteiger charge is -2.28. The Balaban J connectivity index is 2.40. The SMILES string of the molecule is CCCn1c2c(cc(CNC(C)C)c1=O)CN(C)CC2. The number of aromatic nitrogens is 1. The van der Waals surface area contributed by atoms with Gasteiger partial charge in [0.1, 0.15) is 0 Å². The molecule has 0 aliphatic carbocycles. The van der Waals surface area contributed by atoms with E-state index in [1.54, 1.807) is 0 Å². The zero-order valence-corrected chi connectivity index (χ0v) is 13.2. The smallest absolute Gasteiger partial charge is 0.255 e. The van der Waals surface area contributed by atoms with Gasteiger partial charge in [-0.05, 0) is 25.1 Å². The van der Waals surface area contributed by atoms with Gasteiger partial charge >= 0.3 is 0 Å². The minimum atomic E-state index is 0.198. The monoisotopic (exact) mass is 277 g/mol. The lowest BCUT2D eigenvalue weighted by Crippen LogP contribution is -2.37. The minimum Gasteiger partial charge on any atom is -0.312 e. The molecule has 0 unspecified atom stereocenters. The summed E-state index contributed by atoms with van der Waals surface area (Å²) in [5, 5.41) is 3.36. The topological polar surface area (TPSA) is 37.3 Å². The van der Waals surface area contributed by atoms with E-state index in [4.69, 9.17) is 0 Å². The molecule has 0 aromatic carbocycles. The molecule has 2 heterocycles. The van der Waals surface area contributed by atoms with Crippen LogP contribution in [-0.4, -0.2) is 29.1 Å². The normalized spacial score (nSPS) is 15.7. The number of pyridine rings is 1. The molecular weight excluding hydrogens is 250 g/mol. The maximum atomic E-state index is 12.6. The quantitative estimate of drug-likeness (QED) is 0.891. The minimum absolute atomic E-state index is 0.198. The summed E-state index contributed by atoms with van der Waals surface area (Å²) in [6.45, 7) is 9.84. The number of hydrogen-bond acceptors (Lipinski definition) is 3. The third kappa shape index (κ3) is 3.30. The summed E-state index contributed by atoms with van der Waals surface area (Å²) in [6, 6.07) is 2.52. The largest absolute Gasteiger partial charge is 0.312 e. The zero-order valence-electron chi connectivity index (χ0n) is 13.2. The molecule has 4 nitrogen and oxygen atoms in total. The van der Waals surface area contributed by atoms with E-state index >= 15 is 0 Å². The fourth-order valence-corrected chi connectivity index (χ4v) is 2.82. The van der Waals surface area contributed by atoms with Gasteiger partial charge in [-0.25, -0.2) is 0 Å². The Morgan fingerprint density at radius 2 is 2.15 bits per heavy atom. The van der Waals surface area contributed by atoms with Gasteiger partial charge in [0.05, 0.1) is 0 Å². The first kappa shape index (κ1) is 15.3. The van der Waals surface area contributed by atoms with Crippen molar-refractivity contribution in [2.45, 2.75) is 59.3 Å². The molecule has 1 aliphatic rings. The summed E-state index contributed by atoms with van der Waals surface area (Å²) in [5.41, 5.74) is 3.68. The first-order chi connectivity index (χ1) is 9.52. The molecule has 0 radical (unpaired) electrons. The Bertz CT molecular complexity index is 519. The van der Waals surface area contributed by atoms with Crippen LogP contribution < -0.4 is 10.9 Å².